The van der Waals surface area contributed by atoms with Crippen LogP contribution in [0.3, 0.4) is 0 Å². The average Bonchev–Trinajstić information content (AvgIpc) is 2.29. The lowest BCUT2D eigenvalue weighted by Crippen LogP contribution is -2.46. The maximum absolute atomic E-state index is 11.6. The van der Waals surface area contributed by atoms with Gasteiger partial charge in [0.15, 0.2) is 0 Å². The van der Waals surface area contributed by atoms with Gasteiger partial charge in [-0.05, 0) is 18.6 Å². The van der Waals surface area contributed by atoms with Gasteiger partial charge in [0.05, 0.1) is 4.92 Å². The molecule has 1 heterocycles. The molecule has 0 spiro atoms. The van der Waals surface area contributed by atoms with Crippen molar-refractivity contribution < 1.29 is 9.72 Å². The summed E-state index contributed by atoms with van der Waals surface area (Å²) >= 11 is 5.81. The van der Waals surface area contributed by atoms with Crippen LogP contribution >= 0.6 is 11.6 Å². The molecule has 90 valence electrons. The molecule has 1 aromatic carbocycles. The van der Waals surface area contributed by atoms with Gasteiger partial charge in [-0.15, -0.1) is 0 Å². The second kappa shape index (κ2) is 4.58. The number of nitrogens with one attached hydrogen (secondary N) is 1. The number of nitro benzene ring substituents is 1. The topological polar surface area (TPSA) is 75.5 Å². The SMILES string of the molecule is O=C1NCCCN1c1cc(Cl)ccc1[N+](=O)[O-]. The van der Waals surface area contributed by atoms with Crippen LogP contribution < -0.4 is 10.2 Å². The van der Waals surface area contributed by atoms with Crippen molar-refractivity contribution in [3.63, 3.8) is 0 Å². The number of halogens is 1. The molecule has 0 aliphatic carbocycles. The van der Waals surface area contributed by atoms with Crippen LogP contribution in [0.1, 0.15) is 6.42 Å². The van der Waals surface area contributed by atoms with Crippen LogP contribution in [0.15, 0.2) is 18.2 Å². The van der Waals surface area contributed by atoms with Gasteiger partial charge < -0.3 is 5.32 Å². The minimum absolute atomic E-state index is 0.119. The van der Waals surface area contributed by atoms with Crippen molar-refractivity contribution in [3.05, 3.63) is 33.3 Å². The van der Waals surface area contributed by atoms with Crippen molar-refractivity contribution in [1.29, 1.82) is 0 Å². The Balaban J connectivity index is 2.45. The molecule has 1 fully saturated rings. The number of carbonyl (C=O) groups excluding carboxylic acids is 1. The molecule has 0 saturated carbocycles. The first-order chi connectivity index (χ1) is 8.09. The van der Waals surface area contributed by atoms with E-state index < -0.39 is 4.92 Å². The molecule has 1 N–H and O–H groups in total. The smallest absolute Gasteiger partial charge is 0.322 e. The number of benzene rings is 1. The summed E-state index contributed by atoms with van der Waals surface area (Å²) in [6, 6.07) is 3.84. The van der Waals surface area contributed by atoms with Gasteiger partial charge in [0.25, 0.3) is 5.69 Å². The molecule has 1 saturated heterocycles. The second-order valence-electron chi connectivity index (χ2n) is 3.63. The molecule has 0 aromatic heterocycles. The maximum atomic E-state index is 11.6. The van der Waals surface area contributed by atoms with Gasteiger partial charge in [-0.3, -0.25) is 15.0 Å². The van der Waals surface area contributed by atoms with E-state index >= 15 is 0 Å². The van der Waals surface area contributed by atoms with Crippen molar-refractivity contribution in [2.24, 2.45) is 0 Å². The number of urea groups is 1. The number of hydrogen-bond acceptors (Lipinski definition) is 3. The van der Waals surface area contributed by atoms with E-state index in [-0.39, 0.29) is 17.4 Å². The lowest BCUT2D eigenvalue weighted by atomic mass is 10.2. The summed E-state index contributed by atoms with van der Waals surface area (Å²) in [6.45, 7) is 1.04. The van der Waals surface area contributed by atoms with Crippen molar-refractivity contribution in [2.45, 2.75) is 6.42 Å². The molecular weight excluding hydrogens is 246 g/mol. The van der Waals surface area contributed by atoms with E-state index in [0.29, 0.717) is 18.1 Å². The van der Waals surface area contributed by atoms with Crippen LogP contribution in [0.25, 0.3) is 0 Å². The highest BCUT2D eigenvalue weighted by Gasteiger charge is 2.26. The predicted molar refractivity (Wildman–Crippen MR) is 63.5 cm³/mol. The molecule has 2 amide bonds. The standard InChI is InChI=1S/C10H10ClN3O3/c11-7-2-3-8(14(16)17)9(6-7)13-5-1-4-12-10(13)15/h2-3,6H,1,4-5H2,(H,12,15). The van der Waals surface area contributed by atoms with E-state index in [0.717, 1.165) is 6.42 Å². The maximum Gasteiger partial charge on any atom is 0.322 e. The van der Waals surface area contributed by atoms with Gasteiger partial charge in [-0.25, -0.2) is 4.79 Å². The Morgan fingerprint density at radius 1 is 1.47 bits per heavy atom. The Labute approximate surface area is 102 Å². The first-order valence-electron chi connectivity index (χ1n) is 5.09. The Hall–Kier alpha value is -1.82. The van der Waals surface area contributed by atoms with Gasteiger partial charge >= 0.3 is 6.03 Å². The predicted octanol–water partition coefficient (Wildman–Crippen LogP) is 2.17. The van der Waals surface area contributed by atoms with Gasteiger partial charge in [0.1, 0.15) is 5.69 Å². The van der Waals surface area contributed by atoms with Gasteiger partial charge in [0.2, 0.25) is 0 Å². The zero-order valence-electron chi connectivity index (χ0n) is 8.85. The fourth-order valence-corrected chi connectivity index (χ4v) is 1.89. The zero-order valence-corrected chi connectivity index (χ0v) is 9.61. The number of carbonyl (C=O) groups is 1. The lowest BCUT2D eigenvalue weighted by molar-refractivity contribution is -0.384. The van der Waals surface area contributed by atoms with E-state index in [1.807, 2.05) is 0 Å². The quantitative estimate of drug-likeness (QED) is 0.650. The van der Waals surface area contributed by atoms with Crippen LogP contribution in [0, 0.1) is 10.1 Å². The highest BCUT2D eigenvalue weighted by Crippen LogP contribution is 2.31. The summed E-state index contributed by atoms with van der Waals surface area (Å²) in [6.07, 6.45) is 0.745. The summed E-state index contributed by atoms with van der Waals surface area (Å²) in [7, 11) is 0. The molecule has 1 aliphatic heterocycles. The number of nitrogens with zero attached hydrogens (tertiary/aromatic N) is 2. The monoisotopic (exact) mass is 255 g/mol. The average molecular weight is 256 g/mol. The Bertz CT molecular complexity index is 478. The lowest BCUT2D eigenvalue weighted by Gasteiger charge is -2.27. The molecule has 7 heteroatoms. The number of hydrogen-bond donors (Lipinski definition) is 1. The van der Waals surface area contributed by atoms with E-state index in [2.05, 4.69) is 5.32 Å². The molecular formula is C10H10ClN3O3. The van der Waals surface area contributed by atoms with Crippen LogP contribution in [0.5, 0.6) is 0 Å². The van der Waals surface area contributed by atoms with Crippen molar-refractivity contribution in [3.8, 4) is 0 Å². The van der Waals surface area contributed by atoms with E-state index in [4.69, 9.17) is 11.6 Å². The molecule has 2 rings (SSSR count). The fourth-order valence-electron chi connectivity index (χ4n) is 1.73. The van der Waals surface area contributed by atoms with E-state index in [1.165, 1.54) is 23.1 Å². The summed E-state index contributed by atoms with van der Waals surface area (Å²) in [4.78, 5) is 23.3. The fraction of sp³-hybridized carbons (Fsp3) is 0.300. The summed E-state index contributed by atoms with van der Waals surface area (Å²) < 4.78 is 0. The number of rotatable bonds is 2. The largest absolute Gasteiger partial charge is 0.338 e. The van der Waals surface area contributed by atoms with Crippen molar-refractivity contribution in [2.75, 3.05) is 18.0 Å². The van der Waals surface area contributed by atoms with Gasteiger partial charge in [-0.2, -0.15) is 0 Å². The van der Waals surface area contributed by atoms with Crippen LogP contribution in [0.4, 0.5) is 16.2 Å². The molecule has 17 heavy (non-hydrogen) atoms. The molecule has 0 radical (unpaired) electrons. The molecule has 1 aliphatic rings. The molecule has 0 unspecified atom stereocenters. The minimum atomic E-state index is -0.520. The van der Waals surface area contributed by atoms with Crippen LogP contribution in [-0.4, -0.2) is 24.0 Å². The molecule has 6 nitrogen and oxygen atoms in total. The van der Waals surface area contributed by atoms with Gasteiger partial charge in [-0.1, -0.05) is 11.6 Å². The number of nitro groups is 1. The number of amides is 2. The summed E-state index contributed by atoms with van der Waals surface area (Å²) in [5.74, 6) is 0. The van der Waals surface area contributed by atoms with Gasteiger partial charge in [0, 0.05) is 24.2 Å². The highest BCUT2D eigenvalue weighted by atomic mass is 35.5. The van der Waals surface area contributed by atoms with Crippen molar-refractivity contribution in [1.82, 2.24) is 5.32 Å². The second-order valence-corrected chi connectivity index (χ2v) is 4.06. The molecule has 1 aromatic rings. The first kappa shape index (κ1) is 11.7. The molecule has 0 bridgehead atoms. The van der Waals surface area contributed by atoms with Crippen LogP contribution in [-0.2, 0) is 0 Å². The summed E-state index contributed by atoms with van der Waals surface area (Å²) in [5.41, 5.74) is 0.117. The Morgan fingerprint density at radius 2 is 2.24 bits per heavy atom. The van der Waals surface area contributed by atoms with Crippen LogP contribution in [0.2, 0.25) is 5.02 Å². The van der Waals surface area contributed by atoms with E-state index in [1.54, 1.807) is 0 Å². The van der Waals surface area contributed by atoms with Crippen molar-refractivity contribution >= 4 is 29.0 Å². The third-order valence-electron chi connectivity index (χ3n) is 2.50. The Morgan fingerprint density at radius 3 is 2.88 bits per heavy atom. The zero-order chi connectivity index (χ0) is 12.4. The van der Waals surface area contributed by atoms with E-state index in [9.17, 15) is 14.9 Å². The first-order valence-corrected chi connectivity index (χ1v) is 5.46. The molecule has 0 atom stereocenters. The third kappa shape index (κ3) is 2.31. The third-order valence-corrected chi connectivity index (χ3v) is 2.74. The highest BCUT2D eigenvalue weighted by molar-refractivity contribution is 6.31. The minimum Gasteiger partial charge on any atom is -0.338 e. The number of anilines is 1. The Kier molecular flexibility index (Phi) is 3.14. The normalized spacial score (nSPS) is 15.6. The summed E-state index contributed by atoms with van der Waals surface area (Å²) in [5, 5.41) is 13.9.